The van der Waals surface area contributed by atoms with Crippen LogP contribution >= 0.6 is 12.4 Å². The Morgan fingerprint density at radius 3 is 2.96 bits per heavy atom. The highest BCUT2D eigenvalue weighted by atomic mass is 35.5. The number of pyridine rings is 1. The molecule has 3 rings (SSSR count). The third-order valence-corrected chi connectivity index (χ3v) is 3.49. The lowest BCUT2D eigenvalue weighted by molar-refractivity contribution is -0.120. The third-order valence-electron chi connectivity index (χ3n) is 3.49. The zero-order valence-electron chi connectivity index (χ0n) is 12.5. The molecule has 120 valence electrons. The summed E-state index contributed by atoms with van der Waals surface area (Å²) in [6, 6.07) is 8.94. The molecule has 0 bridgehead atoms. The number of ether oxygens (including phenoxy) is 1. The molecule has 0 spiro atoms. The van der Waals surface area contributed by atoms with E-state index in [0.29, 0.717) is 23.5 Å². The SMILES string of the molecule is CN1C(=O)COc2ccc(CNC(=O)c3cccnc3)cc21.Cl. The zero-order valence-corrected chi connectivity index (χ0v) is 13.3. The van der Waals surface area contributed by atoms with Crippen LogP contribution in [0.15, 0.2) is 42.7 Å². The molecule has 0 aliphatic carbocycles. The molecule has 1 aliphatic heterocycles. The first kappa shape index (κ1) is 16.8. The van der Waals surface area contributed by atoms with Crippen LogP contribution in [0.2, 0.25) is 0 Å². The van der Waals surface area contributed by atoms with Crippen LogP contribution in [-0.4, -0.2) is 30.5 Å². The maximum Gasteiger partial charge on any atom is 0.264 e. The zero-order chi connectivity index (χ0) is 15.5. The first-order valence-electron chi connectivity index (χ1n) is 6.85. The molecule has 1 aromatic carbocycles. The summed E-state index contributed by atoms with van der Waals surface area (Å²) in [5.41, 5.74) is 2.11. The quantitative estimate of drug-likeness (QED) is 0.929. The van der Waals surface area contributed by atoms with Gasteiger partial charge in [0.25, 0.3) is 11.8 Å². The molecule has 6 nitrogen and oxygen atoms in total. The first-order valence-corrected chi connectivity index (χ1v) is 6.85. The molecule has 0 radical (unpaired) electrons. The Balaban J connectivity index is 0.00000192. The Labute approximate surface area is 139 Å². The lowest BCUT2D eigenvalue weighted by Crippen LogP contribution is -2.35. The standard InChI is InChI=1S/C16H15N3O3.ClH/c1-19-13-7-11(4-5-14(13)22-10-15(19)20)8-18-16(21)12-3-2-6-17-9-12;/h2-7,9H,8,10H2,1H3,(H,18,21);1H. The summed E-state index contributed by atoms with van der Waals surface area (Å²) in [6.45, 7) is 0.420. The summed E-state index contributed by atoms with van der Waals surface area (Å²) in [6.07, 6.45) is 3.13. The fourth-order valence-electron chi connectivity index (χ4n) is 2.21. The van der Waals surface area contributed by atoms with Crippen molar-refractivity contribution >= 4 is 29.9 Å². The van der Waals surface area contributed by atoms with E-state index in [2.05, 4.69) is 10.3 Å². The number of nitrogens with zero attached hydrogens (tertiary/aromatic N) is 2. The highest BCUT2D eigenvalue weighted by Gasteiger charge is 2.22. The van der Waals surface area contributed by atoms with Crippen LogP contribution in [0.5, 0.6) is 5.75 Å². The maximum atomic E-state index is 12.0. The number of hydrogen-bond acceptors (Lipinski definition) is 4. The van der Waals surface area contributed by atoms with Gasteiger partial charge >= 0.3 is 0 Å². The van der Waals surface area contributed by atoms with Gasteiger partial charge in [0.2, 0.25) is 0 Å². The van der Waals surface area contributed by atoms with Crippen molar-refractivity contribution in [2.24, 2.45) is 0 Å². The van der Waals surface area contributed by atoms with Crippen molar-refractivity contribution < 1.29 is 14.3 Å². The van der Waals surface area contributed by atoms with Crippen molar-refractivity contribution in [1.82, 2.24) is 10.3 Å². The van der Waals surface area contributed by atoms with Crippen LogP contribution in [0.1, 0.15) is 15.9 Å². The summed E-state index contributed by atoms with van der Waals surface area (Å²) >= 11 is 0. The molecule has 1 aromatic heterocycles. The van der Waals surface area contributed by atoms with E-state index in [1.54, 1.807) is 30.3 Å². The number of rotatable bonds is 3. The molecule has 1 N–H and O–H groups in total. The predicted molar refractivity (Wildman–Crippen MR) is 88.0 cm³/mol. The van der Waals surface area contributed by atoms with Crippen molar-refractivity contribution in [2.75, 3.05) is 18.6 Å². The normalized spacial score (nSPS) is 12.7. The number of fused-ring (bicyclic) bond motifs is 1. The number of hydrogen-bond donors (Lipinski definition) is 1. The molecule has 2 heterocycles. The molecule has 2 amide bonds. The van der Waals surface area contributed by atoms with E-state index in [9.17, 15) is 9.59 Å². The molecular formula is C16H16ClN3O3. The van der Waals surface area contributed by atoms with Crippen LogP contribution in [-0.2, 0) is 11.3 Å². The second-order valence-corrected chi connectivity index (χ2v) is 4.97. The monoisotopic (exact) mass is 333 g/mol. The van der Waals surface area contributed by atoms with Gasteiger partial charge in [-0.05, 0) is 29.8 Å². The Kier molecular flexibility index (Phi) is 5.18. The van der Waals surface area contributed by atoms with Crippen LogP contribution < -0.4 is 15.0 Å². The van der Waals surface area contributed by atoms with Crippen molar-refractivity contribution in [2.45, 2.75) is 6.54 Å². The molecule has 1 aliphatic rings. The fraction of sp³-hybridized carbons (Fsp3) is 0.188. The van der Waals surface area contributed by atoms with Crippen LogP contribution in [0.4, 0.5) is 5.69 Å². The van der Waals surface area contributed by atoms with E-state index in [4.69, 9.17) is 4.74 Å². The molecule has 0 unspecified atom stereocenters. The molecule has 7 heteroatoms. The Morgan fingerprint density at radius 2 is 2.22 bits per heavy atom. The van der Waals surface area contributed by atoms with Gasteiger partial charge in [-0.25, -0.2) is 0 Å². The smallest absolute Gasteiger partial charge is 0.264 e. The number of benzene rings is 1. The van der Waals surface area contributed by atoms with Gasteiger partial charge in [0.1, 0.15) is 5.75 Å². The number of amides is 2. The van der Waals surface area contributed by atoms with Gasteiger partial charge in [-0.3, -0.25) is 14.6 Å². The minimum Gasteiger partial charge on any atom is -0.482 e. The highest BCUT2D eigenvalue weighted by Crippen LogP contribution is 2.31. The molecule has 0 saturated heterocycles. The van der Waals surface area contributed by atoms with E-state index in [-0.39, 0.29) is 30.8 Å². The second-order valence-electron chi connectivity index (χ2n) is 4.97. The molecule has 0 atom stereocenters. The topological polar surface area (TPSA) is 71.5 Å². The lowest BCUT2D eigenvalue weighted by Gasteiger charge is -2.26. The minimum absolute atomic E-state index is 0. The van der Waals surface area contributed by atoms with Gasteiger partial charge in [-0.15, -0.1) is 12.4 Å². The van der Waals surface area contributed by atoms with Gasteiger partial charge in [0.15, 0.2) is 6.61 Å². The van der Waals surface area contributed by atoms with Gasteiger partial charge in [0, 0.05) is 26.0 Å². The summed E-state index contributed by atoms with van der Waals surface area (Å²) in [5, 5.41) is 2.82. The molecule has 2 aromatic rings. The first-order chi connectivity index (χ1) is 10.6. The lowest BCUT2D eigenvalue weighted by atomic mass is 10.1. The van der Waals surface area contributed by atoms with E-state index in [1.807, 2.05) is 18.2 Å². The molecule has 23 heavy (non-hydrogen) atoms. The van der Waals surface area contributed by atoms with Gasteiger partial charge in [0.05, 0.1) is 11.3 Å². The van der Waals surface area contributed by atoms with Crippen molar-refractivity contribution in [1.29, 1.82) is 0 Å². The number of likely N-dealkylation sites (N-methyl/N-ethyl adjacent to an activating group) is 1. The number of aromatic nitrogens is 1. The van der Waals surface area contributed by atoms with Crippen molar-refractivity contribution in [3.05, 3.63) is 53.9 Å². The van der Waals surface area contributed by atoms with Crippen molar-refractivity contribution in [3.63, 3.8) is 0 Å². The Hall–Kier alpha value is -2.60. The molecule has 0 saturated carbocycles. The number of carbonyl (C=O) groups is 2. The highest BCUT2D eigenvalue weighted by molar-refractivity contribution is 5.97. The number of carbonyl (C=O) groups excluding carboxylic acids is 2. The summed E-state index contributed by atoms with van der Waals surface area (Å²) in [5.74, 6) is 0.389. The maximum absolute atomic E-state index is 12.0. The van der Waals surface area contributed by atoms with Gasteiger partial charge < -0.3 is 15.0 Å². The van der Waals surface area contributed by atoms with Crippen LogP contribution in [0, 0.1) is 0 Å². The van der Waals surface area contributed by atoms with Crippen LogP contribution in [0.3, 0.4) is 0 Å². The Morgan fingerprint density at radius 1 is 1.39 bits per heavy atom. The van der Waals surface area contributed by atoms with Gasteiger partial charge in [-0.2, -0.15) is 0 Å². The van der Waals surface area contributed by atoms with Crippen LogP contribution in [0.25, 0.3) is 0 Å². The number of halogens is 1. The fourth-order valence-corrected chi connectivity index (χ4v) is 2.21. The van der Waals surface area contributed by atoms with Gasteiger partial charge in [-0.1, -0.05) is 6.07 Å². The number of nitrogens with one attached hydrogen (secondary N) is 1. The number of anilines is 1. The van der Waals surface area contributed by atoms with E-state index < -0.39 is 0 Å². The van der Waals surface area contributed by atoms with E-state index >= 15 is 0 Å². The molecular weight excluding hydrogens is 318 g/mol. The predicted octanol–water partition coefficient (Wildman–Crippen LogP) is 1.79. The average molecular weight is 334 g/mol. The second kappa shape index (κ2) is 7.11. The average Bonchev–Trinajstić information content (AvgIpc) is 2.57. The molecule has 0 fully saturated rings. The van der Waals surface area contributed by atoms with E-state index in [0.717, 1.165) is 5.56 Å². The minimum atomic E-state index is -0.188. The Bertz CT molecular complexity index is 722. The summed E-state index contributed by atoms with van der Waals surface area (Å²) in [4.78, 5) is 29.1. The summed E-state index contributed by atoms with van der Waals surface area (Å²) < 4.78 is 5.37. The van der Waals surface area contributed by atoms with E-state index in [1.165, 1.54) is 6.20 Å². The summed E-state index contributed by atoms with van der Waals surface area (Å²) in [7, 11) is 1.71. The largest absolute Gasteiger partial charge is 0.482 e. The third kappa shape index (κ3) is 3.60. The van der Waals surface area contributed by atoms with Crippen molar-refractivity contribution in [3.8, 4) is 5.75 Å².